The number of aromatic nitrogens is 1. The fourth-order valence-corrected chi connectivity index (χ4v) is 2.71. The Bertz CT molecular complexity index is 988. The third-order valence-corrected chi connectivity index (χ3v) is 4.39. The van der Waals surface area contributed by atoms with Crippen molar-refractivity contribution in [2.24, 2.45) is 0 Å². The van der Waals surface area contributed by atoms with Crippen molar-refractivity contribution in [3.63, 3.8) is 0 Å². The van der Waals surface area contributed by atoms with Gasteiger partial charge in [0.25, 0.3) is 0 Å². The minimum absolute atomic E-state index is 0.0422. The summed E-state index contributed by atoms with van der Waals surface area (Å²) in [6, 6.07) is 14.4. The number of carbonyl (C=O) groups is 2. The van der Waals surface area contributed by atoms with Gasteiger partial charge >= 0.3 is 6.03 Å². The summed E-state index contributed by atoms with van der Waals surface area (Å²) in [6.45, 7) is 0.624. The molecule has 0 fully saturated rings. The number of hydrogen-bond acceptors (Lipinski definition) is 4. The third kappa shape index (κ3) is 5.87. The second-order valence-corrected chi connectivity index (χ2v) is 6.53. The molecule has 0 radical (unpaired) electrons. The smallest absolute Gasteiger partial charge is 0.315 e. The van der Waals surface area contributed by atoms with Crippen molar-refractivity contribution in [3.8, 4) is 0 Å². The minimum Gasteiger partial charge on any atom is -0.397 e. The summed E-state index contributed by atoms with van der Waals surface area (Å²) in [5.41, 5.74) is 9.31. The molecular formula is C22H21FN4O2. The number of benzene rings is 2. The molecule has 2 aromatic carbocycles. The average Bonchev–Trinajstić information content (AvgIpc) is 2.74. The third-order valence-electron chi connectivity index (χ3n) is 4.39. The molecule has 6 nitrogen and oxygen atoms in total. The van der Waals surface area contributed by atoms with E-state index in [1.807, 2.05) is 0 Å². The van der Waals surface area contributed by atoms with Gasteiger partial charge in [0.1, 0.15) is 5.82 Å². The Hall–Kier alpha value is -3.74. The first kappa shape index (κ1) is 20.0. The van der Waals surface area contributed by atoms with Crippen LogP contribution in [0.5, 0.6) is 0 Å². The molecule has 0 atom stereocenters. The van der Waals surface area contributed by atoms with Crippen LogP contribution < -0.4 is 16.4 Å². The molecule has 148 valence electrons. The van der Waals surface area contributed by atoms with Gasteiger partial charge in [-0.05, 0) is 34.9 Å². The van der Waals surface area contributed by atoms with E-state index in [9.17, 15) is 14.0 Å². The fraction of sp³-hybridized carbons (Fsp3) is 0.136. The number of pyridine rings is 1. The average molecular weight is 392 g/mol. The number of carbonyl (C=O) groups excluding carboxylic acids is 2. The molecule has 0 aliphatic carbocycles. The first-order chi connectivity index (χ1) is 14.0. The van der Waals surface area contributed by atoms with Crippen LogP contribution in [0, 0.1) is 5.82 Å². The van der Waals surface area contributed by atoms with E-state index in [1.165, 1.54) is 18.3 Å². The number of hydrogen-bond donors (Lipinski definition) is 3. The standard InChI is InChI=1S/C22H21FN4O2/c23-19-7-3-16(4-8-19)13-27-22(29)26-12-15-1-5-17(6-2-15)21(28)11-18-9-10-25-14-20(18)24/h1-10,14H,11-13,24H2,(H2,26,27,29). The Kier molecular flexibility index (Phi) is 6.52. The molecule has 0 aliphatic heterocycles. The van der Waals surface area contributed by atoms with E-state index >= 15 is 0 Å². The van der Waals surface area contributed by atoms with E-state index < -0.39 is 0 Å². The summed E-state index contributed by atoms with van der Waals surface area (Å²) in [6.07, 6.45) is 3.34. The normalized spacial score (nSPS) is 10.4. The second-order valence-electron chi connectivity index (χ2n) is 6.53. The number of amides is 2. The number of rotatable bonds is 7. The number of nitrogens with zero attached hydrogens (tertiary/aromatic N) is 1. The Morgan fingerprint density at radius 2 is 1.48 bits per heavy atom. The van der Waals surface area contributed by atoms with Gasteiger partial charge in [-0.2, -0.15) is 0 Å². The molecule has 0 saturated carbocycles. The van der Waals surface area contributed by atoms with Gasteiger partial charge in [0, 0.05) is 31.3 Å². The van der Waals surface area contributed by atoms with Crippen LogP contribution in [0.1, 0.15) is 27.0 Å². The lowest BCUT2D eigenvalue weighted by Gasteiger charge is -2.09. The molecule has 3 aromatic rings. The zero-order chi connectivity index (χ0) is 20.6. The lowest BCUT2D eigenvalue weighted by atomic mass is 10.0. The number of nitrogens with two attached hydrogens (primary N) is 1. The summed E-state index contributed by atoms with van der Waals surface area (Å²) >= 11 is 0. The molecule has 0 unspecified atom stereocenters. The summed E-state index contributed by atoms with van der Waals surface area (Å²) in [4.78, 5) is 28.2. The van der Waals surface area contributed by atoms with Crippen molar-refractivity contribution >= 4 is 17.5 Å². The highest BCUT2D eigenvalue weighted by Crippen LogP contribution is 2.14. The van der Waals surface area contributed by atoms with Gasteiger partial charge in [-0.25, -0.2) is 9.18 Å². The molecule has 0 bridgehead atoms. The predicted molar refractivity (Wildman–Crippen MR) is 109 cm³/mol. The Labute approximate surface area is 168 Å². The largest absolute Gasteiger partial charge is 0.397 e. The van der Waals surface area contributed by atoms with Gasteiger partial charge < -0.3 is 16.4 Å². The van der Waals surface area contributed by atoms with E-state index in [0.717, 1.165) is 16.7 Å². The van der Waals surface area contributed by atoms with Gasteiger partial charge in [0.05, 0.1) is 11.9 Å². The Morgan fingerprint density at radius 1 is 0.897 bits per heavy atom. The maximum Gasteiger partial charge on any atom is 0.315 e. The highest BCUT2D eigenvalue weighted by Gasteiger charge is 2.09. The fourth-order valence-electron chi connectivity index (χ4n) is 2.71. The minimum atomic E-state index is -0.331. The molecule has 29 heavy (non-hydrogen) atoms. The molecule has 0 spiro atoms. The van der Waals surface area contributed by atoms with Crippen molar-refractivity contribution in [2.75, 3.05) is 5.73 Å². The van der Waals surface area contributed by atoms with E-state index in [0.29, 0.717) is 24.3 Å². The highest BCUT2D eigenvalue weighted by molar-refractivity contribution is 5.98. The number of Topliss-reactive ketones (excluding diaryl/α,β-unsaturated/α-hetero) is 1. The number of ketones is 1. The summed E-state index contributed by atoms with van der Waals surface area (Å²) in [7, 11) is 0. The lowest BCUT2D eigenvalue weighted by molar-refractivity contribution is 0.0993. The Balaban J connectivity index is 1.47. The maximum atomic E-state index is 12.9. The van der Waals surface area contributed by atoms with Crippen LogP contribution in [-0.2, 0) is 19.5 Å². The SMILES string of the molecule is Nc1cnccc1CC(=O)c1ccc(CNC(=O)NCc2ccc(F)cc2)cc1. The van der Waals surface area contributed by atoms with E-state index in [1.54, 1.807) is 48.7 Å². The molecule has 7 heteroatoms. The maximum absolute atomic E-state index is 12.9. The zero-order valence-corrected chi connectivity index (χ0v) is 15.7. The van der Waals surface area contributed by atoms with Gasteiger partial charge in [-0.15, -0.1) is 0 Å². The topological polar surface area (TPSA) is 97.1 Å². The molecule has 3 rings (SSSR count). The number of halogens is 1. The van der Waals surface area contributed by atoms with Crippen molar-refractivity contribution in [3.05, 3.63) is 95.1 Å². The van der Waals surface area contributed by atoms with E-state index in [2.05, 4.69) is 15.6 Å². The first-order valence-corrected chi connectivity index (χ1v) is 9.08. The van der Waals surface area contributed by atoms with Crippen LogP contribution in [0.15, 0.2) is 67.0 Å². The van der Waals surface area contributed by atoms with Crippen molar-refractivity contribution in [1.29, 1.82) is 0 Å². The van der Waals surface area contributed by atoms with Gasteiger partial charge in [0.15, 0.2) is 5.78 Å². The lowest BCUT2D eigenvalue weighted by Crippen LogP contribution is -2.34. The van der Waals surface area contributed by atoms with Crippen LogP contribution in [0.4, 0.5) is 14.9 Å². The van der Waals surface area contributed by atoms with Gasteiger partial charge in [-0.1, -0.05) is 36.4 Å². The van der Waals surface area contributed by atoms with Crippen LogP contribution in [-0.4, -0.2) is 16.8 Å². The quantitative estimate of drug-likeness (QED) is 0.538. The van der Waals surface area contributed by atoms with Gasteiger partial charge in [-0.3, -0.25) is 9.78 Å². The first-order valence-electron chi connectivity index (χ1n) is 9.08. The molecule has 1 aromatic heterocycles. The molecule has 0 aliphatic rings. The summed E-state index contributed by atoms with van der Waals surface area (Å²) < 4.78 is 12.9. The van der Waals surface area contributed by atoms with Crippen LogP contribution in [0.2, 0.25) is 0 Å². The monoisotopic (exact) mass is 392 g/mol. The van der Waals surface area contributed by atoms with E-state index in [-0.39, 0.29) is 24.1 Å². The molecule has 1 heterocycles. The second kappa shape index (κ2) is 9.45. The summed E-state index contributed by atoms with van der Waals surface area (Å²) in [5, 5.41) is 5.45. The highest BCUT2D eigenvalue weighted by atomic mass is 19.1. The van der Waals surface area contributed by atoms with Crippen LogP contribution >= 0.6 is 0 Å². The van der Waals surface area contributed by atoms with Crippen molar-refractivity contribution in [1.82, 2.24) is 15.6 Å². The molecule has 4 N–H and O–H groups in total. The predicted octanol–water partition coefficient (Wildman–Crippen LogP) is 3.23. The Morgan fingerprint density at radius 3 is 2.07 bits per heavy atom. The van der Waals surface area contributed by atoms with Gasteiger partial charge in [0.2, 0.25) is 0 Å². The number of nitrogen functional groups attached to an aromatic ring is 1. The molecule has 2 amide bonds. The number of nitrogens with one attached hydrogen (secondary N) is 2. The molecular weight excluding hydrogens is 371 g/mol. The number of urea groups is 1. The molecule has 0 saturated heterocycles. The van der Waals surface area contributed by atoms with Crippen molar-refractivity contribution in [2.45, 2.75) is 19.5 Å². The van der Waals surface area contributed by atoms with E-state index in [4.69, 9.17) is 5.73 Å². The van der Waals surface area contributed by atoms with Crippen molar-refractivity contribution < 1.29 is 14.0 Å². The summed E-state index contributed by atoms with van der Waals surface area (Å²) in [5.74, 6) is -0.358. The van der Waals surface area contributed by atoms with Crippen LogP contribution in [0.25, 0.3) is 0 Å². The van der Waals surface area contributed by atoms with Crippen LogP contribution in [0.3, 0.4) is 0 Å². The zero-order valence-electron chi connectivity index (χ0n) is 15.7. The number of anilines is 1.